The van der Waals surface area contributed by atoms with Crippen molar-refractivity contribution in [3.8, 4) is 0 Å². The Bertz CT molecular complexity index is 573. The van der Waals surface area contributed by atoms with Crippen molar-refractivity contribution in [3.63, 3.8) is 0 Å². The number of aliphatic carboxylic acids is 1. The van der Waals surface area contributed by atoms with Gasteiger partial charge in [0.15, 0.2) is 0 Å². The van der Waals surface area contributed by atoms with E-state index in [4.69, 9.17) is 11.6 Å². The molecule has 1 fully saturated rings. The third-order valence-corrected chi connectivity index (χ3v) is 4.73. The molecule has 1 aromatic rings. The van der Waals surface area contributed by atoms with Crippen LogP contribution < -0.4 is 0 Å². The van der Waals surface area contributed by atoms with Crippen LogP contribution in [0.15, 0.2) is 18.2 Å². The molecule has 1 heterocycles. The predicted molar refractivity (Wildman–Crippen MR) is 81.7 cm³/mol. The van der Waals surface area contributed by atoms with Gasteiger partial charge in [0.1, 0.15) is 0 Å². The molecule has 1 aliphatic heterocycles. The average molecular weight is 310 g/mol. The monoisotopic (exact) mass is 309 g/mol. The van der Waals surface area contributed by atoms with E-state index in [0.717, 1.165) is 12.0 Å². The molecule has 1 aliphatic rings. The van der Waals surface area contributed by atoms with Crippen LogP contribution in [0.4, 0.5) is 0 Å². The average Bonchev–Trinajstić information content (AvgIpc) is 2.87. The topological polar surface area (TPSA) is 57.6 Å². The maximum atomic E-state index is 12.6. The van der Waals surface area contributed by atoms with Crippen molar-refractivity contribution >= 4 is 23.5 Å². The number of likely N-dealkylation sites (tertiary alicyclic amines) is 1. The van der Waals surface area contributed by atoms with E-state index < -0.39 is 11.4 Å². The number of carboxylic acids is 1. The molecule has 1 atom stereocenters. The van der Waals surface area contributed by atoms with Gasteiger partial charge in [0, 0.05) is 23.7 Å². The van der Waals surface area contributed by atoms with E-state index in [1.165, 1.54) is 0 Å². The Balaban J connectivity index is 2.23. The minimum Gasteiger partial charge on any atom is -0.481 e. The quantitative estimate of drug-likeness (QED) is 0.927. The summed E-state index contributed by atoms with van der Waals surface area (Å²) in [7, 11) is 0. The Labute approximate surface area is 129 Å². The number of amides is 1. The second-order valence-corrected chi connectivity index (χ2v) is 6.13. The van der Waals surface area contributed by atoms with Crippen LogP contribution in [-0.2, 0) is 4.79 Å². The molecule has 0 radical (unpaired) electrons. The first-order valence-electron chi connectivity index (χ1n) is 7.19. The van der Waals surface area contributed by atoms with Gasteiger partial charge in [0.2, 0.25) is 0 Å². The summed E-state index contributed by atoms with van der Waals surface area (Å²) in [6, 6.07) is 5.23. The molecular weight excluding hydrogens is 290 g/mol. The number of rotatable bonds is 4. The smallest absolute Gasteiger partial charge is 0.311 e. The van der Waals surface area contributed by atoms with Gasteiger partial charge in [-0.1, -0.05) is 31.0 Å². The van der Waals surface area contributed by atoms with E-state index in [-0.39, 0.29) is 12.5 Å². The van der Waals surface area contributed by atoms with E-state index in [1.54, 1.807) is 23.1 Å². The summed E-state index contributed by atoms with van der Waals surface area (Å²) in [5, 5.41) is 10.1. The number of carbonyl (C=O) groups excluding carboxylic acids is 1. The zero-order valence-corrected chi connectivity index (χ0v) is 13.1. The van der Waals surface area contributed by atoms with Crippen LogP contribution in [0, 0.1) is 12.3 Å². The SMILES string of the molecule is CCCC1(C(=O)O)CCN(C(=O)c2cccc(Cl)c2C)C1. The highest BCUT2D eigenvalue weighted by Gasteiger charge is 2.45. The first-order chi connectivity index (χ1) is 9.91. The second kappa shape index (κ2) is 6.06. The van der Waals surface area contributed by atoms with Crippen LogP contribution in [0.3, 0.4) is 0 Å². The standard InChI is InChI=1S/C16H20ClNO3/c1-3-7-16(15(20)21)8-9-18(10-16)14(19)12-5-4-6-13(17)11(12)2/h4-6H,3,7-10H2,1-2H3,(H,20,21). The fourth-order valence-electron chi connectivity index (χ4n) is 3.02. The van der Waals surface area contributed by atoms with Crippen LogP contribution >= 0.6 is 11.6 Å². The summed E-state index contributed by atoms with van der Waals surface area (Å²) in [5.74, 6) is -0.934. The molecule has 0 bridgehead atoms. The van der Waals surface area contributed by atoms with Crippen LogP contribution in [0.5, 0.6) is 0 Å². The van der Waals surface area contributed by atoms with Gasteiger partial charge in [-0.05, 0) is 37.5 Å². The highest BCUT2D eigenvalue weighted by atomic mass is 35.5. The van der Waals surface area contributed by atoms with E-state index >= 15 is 0 Å². The van der Waals surface area contributed by atoms with Crippen molar-refractivity contribution in [2.45, 2.75) is 33.1 Å². The van der Waals surface area contributed by atoms with E-state index in [0.29, 0.717) is 30.0 Å². The zero-order valence-electron chi connectivity index (χ0n) is 12.4. The van der Waals surface area contributed by atoms with Gasteiger partial charge in [-0.2, -0.15) is 0 Å². The van der Waals surface area contributed by atoms with Gasteiger partial charge in [0.25, 0.3) is 5.91 Å². The summed E-state index contributed by atoms with van der Waals surface area (Å²) < 4.78 is 0. The molecule has 1 aromatic carbocycles. The number of carbonyl (C=O) groups is 2. The third kappa shape index (κ3) is 2.91. The van der Waals surface area contributed by atoms with Gasteiger partial charge in [-0.25, -0.2) is 0 Å². The lowest BCUT2D eigenvalue weighted by Crippen LogP contribution is -2.37. The molecule has 2 rings (SSSR count). The normalized spacial score (nSPS) is 21.6. The summed E-state index contributed by atoms with van der Waals surface area (Å²) in [6.07, 6.45) is 1.91. The molecule has 114 valence electrons. The van der Waals surface area contributed by atoms with E-state index in [2.05, 4.69) is 0 Å². The highest BCUT2D eigenvalue weighted by molar-refractivity contribution is 6.31. The molecule has 5 heteroatoms. The summed E-state index contributed by atoms with van der Waals surface area (Å²) in [6.45, 7) is 4.54. The first kappa shape index (κ1) is 15.8. The molecule has 1 amide bonds. The lowest BCUT2D eigenvalue weighted by atomic mass is 9.83. The third-order valence-electron chi connectivity index (χ3n) is 4.32. The summed E-state index contributed by atoms with van der Waals surface area (Å²) in [4.78, 5) is 25.8. The van der Waals surface area contributed by atoms with Crippen LogP contribution in [0.25, 0.3) is 0 Å². The molecule has 1 saturated heterocycles. The molecular formula is C16H20ClNO3. The second-order valence-electron chi connectivity index (χ2n) is 5.72. The Morgan fingerprint density at radius 3 is 2.76 bits per heavy atom. The highest BCUT2D eigenvalue weighted by Crippen LogP contribution is 2.36. The lowest BCUT2D eigenvalue weighted by Gasteiger charge is -2.24. The predicted octanol–water partition coefficient (Wildman–Crippen LogP) is 3.37. The molecule has 0 spiro atoms. The van der Waals surface area contributed by atoms with Crippen LogP contribution in [-0.4, -0.2) is 35.0 Å². The van der Waals surface area contributed by atoms with Crippen LogP contribution in [0.1, 0.15) is 42.1 Å². The number of halogens is 1. The van der Waals surface area contributed by atoms with Crippen LogP contribution in [0.2, 0.25) is 5.02 Å². The van der Waals surface area contributed by atoms with E-state index in [1.807, 2.05) is 13.8 Å². The maximum Gasteiger partial charge on any atom is 0.311 e. The number of carboxylic acid groups (broad SMARTS) is 1. The van der Waals surface area contributed by atoms with Gasteiger partial charge in [0.05, 0.1) is 5.41 Å². The fourth-order valence-corrected chi connectivity index (χ4v) is 3.19. The number of hydrogen-bond donors (Lipinski definition) is 1. The molecule has 0 aromatic heterocycles. The Morgan fingerprint density at radius 2 is 2.14 bits per heavy atom. The Kier molecular flexibility index (Phi) is 4.57. The van der Waals surface area contributed by atoms with Crippen molar-refractivity contribution in [2.75, 3.05) is 13.1 Å². The van der Waals surface area contributed by atoms with Crippen molar-refractivity contribution in [1.29, 1.82) is 0 Å². The molecule has 0 saturated carbocycles. The van der Waals surface area contributed by atoms with E-state index in [9.17, 15) is 14.7 Å². The minimum atomic E-state index is -0.803. The zero-order chi connectivity index (χ0) is 15.6. The summed E-state index contributed by atoms with van der Waals surface area (Å²) >= 11 is 6.06. The summed E-state index contributed by atoms with van der Waals surface area (Å²) in [5.41, 5.74) is 0.504. The van der Waals surface area contributed by atoms with Crippen molar-refractivity contribution in [3.05, 3.63) is 34.3 Å². The minimum absolute atomic E-state index is 0.130. The van der Waals surface area contributed by atoms with Gasteiger partial charge in [-0.3, -0.25) is 9.59 Å². The van der Waals surface area contributed by atoms with Crippen molar-refractivity contribution < 1.29 is 14.7 Å². The molecule has 0 aliphatic carbocycles. The fraction of sp³-hybridized carbons (Fsp3) is 0.500. The first-order valence-corrected chi connectivity index (χ1v) is 7.57. The van der Waals surface area contributed by atoms with Gasteiger partial charge in [-0.15, -0.1) is 0 Å². The Morgan fingerprint density at radius 1 is 1.43 bits per heavy atom. The molecule has 1 unspecified atom stereocenters. The van der Waals surface area contributed by atoms with Gasteiger partial charge < -0.3 is 10.0 Å². The number of benzene rings is 1. The number of hydrogen-bond acceptors (Lipinski definition) is 2. The van der Waals surface area contributed by atoms with Gasteiger partial charge >= 0.3 is 5.97 Å². The lowest BCUT2D eigenvalue weighted by molar-refractivity contribution is -0.148. The largest absolute Gasteiger partial charge is 0.481 e. The Hall–Kier alpha value is -1.55. The molecule has 21 heavy (non-hydrogen) atoms. The van der Waals surface area contributed by atoms with Crippen molar-refractivity contribution in [2.24, 2.45) is 5.41 Å². The molecule has 1 N–H and O–H groups in total. The maximum absolute atomic E-state index is 12.6. The van der Waals surface area contributed by atoms with Crippen molar-refractivity contribution in [1.82, 2.24) is 4.90 Å². The number of nitrogens with zero attached hydrogens (tertiary/aromatic N) is 1. The molecule has 4 nitrogen and oxygen atoms in total.